The molecular formula is C14H15N3O4. The molecule has 3 rings (SSSR count). The SMILES string of the molecule is CC1CCN2C(=O)N(c3cccc([N+](=O)[O-])c3)C(=O)C2C1. The summed E-state index contributed by atoms with van der Waals surface area (Å²) < 4.78 is 0. The van der Waals surface area contributed by atoms with E-state index < -0.39 is 11.0 Å². The smallest absolute Gasteiger partial charge is 0.312 e. The molecule has 2 aliphatic rings. The van der Waals surface area contributed by atoms with E-state index in [2.05, 4.69) is 6.92 Å². The van der Waals surface area contributed by atoms with Gasteiger partial charge >= 0.3 is 6.03 Å². The van der Waals surface area contributed by atoms with Gasteiger partial charge in [-0.15, -0.1) is 0 Å². The highest BCUT2D eigenvalue weighted by Gasteiger charge is 2.48. The molecule has 2 fully saturated rings. The zero-order valence-corrected chi connectivity index (χ0v) is 11.6. The second-order valence-electron chi connectivity index (χ2n) is 5.57. The average molecular weight is 289 g/mol. The number of benzene rings is 1. The highest BCUT2D eigenvalue weighted by atomic mass is 16.6. The number of nitro benzene ring substituents is 1. The number of urea groups is 1. The van der Waals surface area contributed by atoms with Crippen molar-refractivity contribution in [1.29, 1.82) is 0 Å². The van der Waals surface area contributed by atoms with Gasteiger partial charge in [0.15, 0.2) is 0 Å². The van der Waals surface area contributed by atoms with Crippen molar-refractivity contribution in [2.75, 3.05) is 11.4 Å². The molecule has 2 atom stereocenters. The van der Waals surface area contributed by atoms with E-state index in [1.165, 1.54) is 18.2 Å². The summed E-state index contributed by atoms with van der Waals surface area (Å²) in [5, 5.41) is 10.8. The van der Waals surface area contributed by atoms with Crippen LogP contribution in [0.25, 0.3) is 0 Å². The van der Waals surface area contributed by atoms with Crippen LogP contribution in [0.5, 0.6) is 0 Å². The molecule has 1 aromatic carbocycles. The van der Waals surface area contributed by atoms with E-state index in [0.29, 0.717) is 18.9 Å². The molecule has 0 radical (unpaired) electrons. The Balaban J connectivity index is 1.95. The fraction of sp³-hybridized carbons (Fsp3) is 0.429. The minimum absolute atomic E-state index is 0.133. The molecule has 1 aromatic rings. The molecule has 2 unspecified atom stereocenters. The Kier molecular flexibility index (Phi) is 3.12. The number of non-ortho nitro benzene ring substituents is 1. The lowest BCUT2D eigenvalue weighted by Crippen LogP contribution is -2.41. The second kappa shape index (κ2) is 4.83. The van der Waals surface area contributed by atoms with E-state index in [1.54, 1.807) is 11.0 Å². The van der Waals surface area contributed by atoms with E-state index in [1.807, 2.05) is 0 Å². The van der Waals surface area contributed by atoms with Gasteiger partial charge in [0.25, 0.3) is 11.6 Å². The molecule has 2 aliphatic heterocycles. The van der Waals surface area contributed by atoms with Crippen LogP contribution in [-0.2, 0) is 4.79 Å². The standard InChI is InChI=1S/C14H15N3O4/c1-9-5-6-15-12(7-9)13(18)16(14(15)19)10-3-2-4-11(8-10)17(20)21/h2-4,8-9,12H,5-7H2,1H3. The van der Waals surface area contributed by atoms with Crippen LogP contribution in [-0.4, -0.2) is 34.3 Å². The zero-order chi connectivity index (χ0) is 15.1. The molecule has 21 heavy (non-hydrogen) atoms. The van der Waals surface area contributed by atoms with Crippen LogP contribution in [0.1, 0.15) is 19.8 Å². The summed E-state index contributed by atoms with van der Waals surface area (Å²) in [6.07, 6.45) is 1.52. The number of anilines is 1. The predicted molar refractivity (Wildman–Crippen MR) is 74.9 cm³/mol. The summed E-state index contributed by atoms with van der Waals surface area (Å²) in [5.41, 5.74) is 0.132. The molecule has 0 bridgehead atoms. The number of carbonyl (C=O) groups is 2. The maximum atomic E-state index is 12.5. The van der Waals surface area contributed by atoms with Crippen LogP contribution in [0.3, 0.4) is 0 Å². The Morgan fingerprint density at radius 1 is 1.33 bits per heavy atom. The Hall–Kier alpha value is -2.44. The highest BCUT2D eigenvalue weighted by molar-refractivity contribution is 6.21. The first-order valence-corrected chi connectivity index (χ1v) is 6.88. The van der Waals surface area contributed by atoms with Gasteiger partial charge in [-0.1, -0.05) is 13.0 Å². The minimum Gasteiger partial charge on any atom is -0.312 e. The topological polar surface area (TPSA) is 83.8 Å². The summed E-state index contributed by atoms with van der Waals surface area (Å²) in [4.78, 5) is 37.8. The van der Waals surface area contributed by atoms with Crippen molar-refractivity contribution in [2.24, 2.45) is 5.92 Å². The monoisotopic (exact) mass is 289 g/mol. The third-order valence-electron chi connectivity index (χ3n) is 4.11. The van der Waals surface area contributed by atoms with Crippen LogP contribution in [0.2, 0.25) is 0 Å². The summed E-state index contributed by atoms with van der Waals surface area (Å²) in [7, 11) is 0. The van der Waals surface area contributed by atoms with Crippen molar-refractivity contribution in [3.05, 3.63) is 34.4 Å². The van der Waals surface area contributed by atoms with Gasteiger partial charge in [0.2, 0.25) is 0 Å². The van der Waals surface area contributed by atoms with Gasteiger partial charge in [-0.3, -0.25) is 14.9 Å². The zero-order valence-electron chi connectivity index (χ0n) is 11.6. The second-order valence-corrected chi connectivity index (χ2v) is 5.57. The Morgan fingerprint density at radius 3 is 2.81 bits per heavy atom. The first-order valence-electron chi connectivity index (χ1n) is 6.88. The number of nitro groups is 1. The Bertz CT molecular complexity index is 630. The lowest BCUT2D eigenvalue weighted by atomic mass is 9.93. The minimum atomic E-state index is -0.538. The van der Waals surface area contributed by atoms with Crippen LogP contribution in [0, 0.1) is 16.0 Å². The van der Waals surface area contributed by atoms with Crippen molar-refractivity contribution in [3.8, 4) is 0 Å². The number of amides is 3. The van der Waals surface area contributed by atoms with Gasteiger partial charge in [0, 0.05) is 18.7 Å². The number of imide groups is 1. The lowest BCUT2D eigenvalue weighted by molar-refractivity contribution is -0.384. The van der Waals surface area contributed by atoms with Crippen molar-refractivity contribution in [3.63, 3.8) is 0 Å². The quantitative estimate of drug-likeness (QED) is 0.474. The Morgan fingerprint density at radius 2 is 2.10 bits per heavy atom. The van der Waals surface area contributed by atoms with Gasteiger partial charge < -0.3 is 4.90 Å². The fourth-order valence-electron chi connectivity index (χ4n) is 2.96. The summed E-state index contributed by atoms with van der Waals surface area (Å²) in [5.74, 6) is 0.111. The van der Waals surface area contributed by atoms with E-state index >= 15 is 0 Å². The summed E-state index contributed by atoms with van der Waals surface area (Å²) >= 11 is 0. The summed E-state index contributed by atoms with van der Waals surface area (Å²) in [6.45, 7) is 2.62. The maximum absolute atomic E-state index is 12.5. The van der Waals surface area contributed by atoms with Crippen LogP contribution >= 0.6 is 0 Å². The number of rotatable bonds is 2. The third-order valence-corrected chi connectivity index (χ3v) is 4.11. The third kappa shape index (κ3) is 2.14. The molecule has 0 saturated carbocycles. The van der Waals surface area contributed by atoms with E-state index in [4.69, 9.17) is 0 Å². The largest absolute Gasteiger partial charge is 0.332 e. The summed E-state index contributed by atoms with van der Waals surface area (Å²) in [6, 6.07) is 4.82. The van der Waals surface area contributed by atoms with Crippen LogP contribution in [0.15, 0.2) is 24.3 Å². The molecule has 0 aromatic heterocycles. The molecule has 2 saturated heterocycles. The molecule has 7 nitrogen and oxygen atoms in total. The Labute approximate surface area is 121 Å². The van der Waals surface area contributed by atoms with Gasteiger partial charge in [-0.2, -0.15) is 0 Å². The van der Waals surface area contributed by atoms with Crippen molar-refractivity contribution in [1.82, 2.24) is 4.90 Å². The van der Waals surface area contributed by atoms with E-state index in [-0.39, 0.29) is 23.3 Å². The van der Waals surface area contributed by atoms with Gasteiger partial charge in [0.05, 0.1) is 10.6 Å². The number of piperidine rings is 1. The van der Waals surface area contributed by atoms with Crippen molar-refractivity contribution >= 4 is 23.3 Å². The molecule has 0 N–H and O–H groups in total. The first-order chi connectivity index (χ1) is 9.99. The predicted octanol–water partition coefficient (Wildman–Crippen LogP) is 2.16. The number of hydrogen-bond acceptors (Lipinski definition) is 4. The van der Waals surface area contributed by atoms with Gasteiger partial charge in [-0.05, 0) is 24.8 Å². The van der Waals surface area contributed by atoms with Crippen LogP contribution in [0.4, 0.5) is 16.2 Å². The fourth-order valence-corrected chi connectivity index (χ4v) is 2.96. The molecule has 0 spiro atoms. The molecular weight excluding hydrogens is 274 g/mol. The highest BCUT2D eigenvalue weighted by Crippen LogP contribution is 2.33. The number of carbonyl (C=O) groups excluding carboxylic acids is 2. The molecule has 110 valence electrons. The molecule has 0 aliphatic carbocycles. The maximum Gasteiger partial charge on any atom is 0.332 e. The van der Waals surface area contributed by atoms with Crippen molar-refractivity contribution in [2.45, 2.75) is 25.8 Å². The van der Waals surface area contributed by atoms with Crippen molar-refractivity contribution < 1.29 is 14.5 Å². The molecule has 7 heteroatoms. The van der Waals surface area contributed by atoms with E-state index in [9.17, 15) is 19.7 Å². The van der Waals surface area contributed by atoms with Gasteiger partial charge in [-0.25, -0.2) is 9.69 Å². The lowest BCUT2D eigenvalue weighted by Gasteiger charge is -2.30. The number of fused-ring (bicyclic) bond motifs is 1. The average Bonchev–Trinajstić information content (AvgIpc) is 2.70. The van der Waals surface area contributed by atoms with Crippen LogP contribution < -0.4 is 4.90 Å². The first kappa shape index (κ1) is 13.5. The van der Waals surface area contributed by atoms with E-state index in [0.717, 1.165) is 11.3 Å². The normalized spacial score (nSPS) is 25.2. The number of nitrogens with zero attached hydrogens (tertiary/aromatic N) is 3. The molecule has 2 heterocycles. The van der Waals surface area contributed by atoms with Gasteiger partial charge in [0.1, 0.15) is 6.04 Å². The molecule has 3 amide bonds. The number of hydrogen-bond donors (Lipinski definition) is 0.